The number of aliphatic hydroxyl groups excluding tert-OH is 2. The molecule has 18 heavy (non-hydrogen) atoms. The average Bonchev–Trinajstić information content (AvgIpc) is 2.37. The van der Waals surface area contributed by atoms with Gasteiger partial charge < -0.3 is 20.3 Å². The SMILES string of the molecule is CC(C)(CO)CNCC(O)COc1ccccc1. The van der Waals surface area contributed by atoms with Gasteiger partial charge in [0.1, 0.15) is 18.5 Å². The van der Waals surface area contributed by atoms with Crippen molar-refractivity contribution in [1.82, 2.24) is 5.32 Å². The number of hydrogen-bond acceptors (Lipinski definition) is 4. The van der Waals surface area contributed by atoms with Gasteiger partial charge >= 0.3 is 0 Å². The normalized spacial score (nSPS) is 13.3. The van der Waals surface area contributed by atoms with Gasteiger partial charge in [0.15, 0.2) is 0 Å². The van der Waals surface area contributed by atoms with Crippen molar-refractivity contribution in [2.45, 2.75) is 20.0 Å². The highest BCUT2D eigenvalue weighted by atomic mass is 16.5. The summed E-state index contributed by atoms with van der Waals surface area (Å²) in [6, 6.07) is 9.42. The minimum absolute atomic E-state index is 0.122. The van der Waals surface area contributed by atoms with Crippen LogP contribution in [-0.2, 0) is 0 Å². The highest BCUT2D eigenvalue weighted by Gasteiger charge is 2.16. The molecule has 0 aliphatic heterocycles. The van der Waals surface area contributed by atoms with Crippen molar-refractivity contribution in [3.63, 3.8) is 0 Å². The maximum absolute atomic E-state index is 9.73. The van der Waals surface area contributed by atoms with Gasteiger partial charge in [-0.3, -0.25) is 0 Å². The van der Waals surface area contributed by atoms with Crippen LogP contribution in [0, 0.1) is 5.41 Å². The van der Waals surface area contributed by atoms with Crippen LogP contribution in [0.15, 0.2) is 30.3 Å². The molecule has 0 aromatic heterocycles. The molecule has 1 unspecified atom stereocenters. The van der Waals surface area contributed by atoms with Gasteiger partial charge in [0.05, 0.1) is 0 Å². The lowest BCUT2D eigenvalue weighted by atomic mass is 9.95. The molecule has 1 aromatic carbocycles. The average molecular weight is 253 g/mol. The van der Waals surface area contributed by atoms with Crippen molar-refractivity contribution in [3.8, 4) is 5.75 Å². The van der Waals surface area contributed by atoms with E-state index in [2.05, 4.69) is 5.32 Å². The fraction of sp³-hybridized carbons (Fsp3) is 0.571. The van der Waals surface area contributed by atoms with Gasteiger partial charge in [0.25, 0.3) is 0 Å². The topological polar surface area (TPSA) is 61.7 Å². The quantitative estimate of drug-likeness (QED) is 0.647. The molecule has 0 aliphatic carbocycles. The number of hydrogen-bond donors (Lipinski definition) is 3. The highest BCUT2D eigenvalue weighted by Crippen LogP contribution is 2.11. The third kappa shape index (κ3) is 6.00. The third-order valence-electron chi connectivity index (χ3n) is 2.60. The van der Waals surface area contributed by atoms with Crippen LogP contribution in [0.3, 0.4) is 0 Å². The van der Waals surface area contributed by atoms with Crippen LogP contribution in [0.1, 0.15) is 13.8 Å². The van der Waals surface area contributed by atoms with Crippen LogP contribution in [0.4, 0.5) is 0 Å². The maximum atomic E-state index is 9.73. The molecule has 0 spiro atoms. The first-order valence-corrected chi connectivity index (χ1v) is 6.21. The number of para-hydroxylation sites is 1. The molecule has 0 saturated heterocycles. The second kappa shape index (κ2) is 7.36. The molecule has 0 amide bonds. The van der Waals surface area contributed by atoms with E-state index in [0.29, 0.717) is 13.1 Å². The molecule has 0 aliphatic rings. The van der Waals surface area contributed by atoms with E-state index in [1.54, 1.807) is 0 Å². The predicted octanol–water partition coefficient (Wildman–Crippen LogP) is 1.03. The fourth-order valence-corrected chi connectivity index (χ4v) is 1.40. The van der Waals surface area contributed by atoms with E-state index in [1.807, 2.05) is 44.2 Å². The molecular formula is C14H23NO3. The van der Waals surface area contributed by atoms with Crippen LogP contribution in [0.2, 0.25) is 0 Å². The summed E-state index contributed by atoms with van der Waals surface area (Å²) in [5, 5.41) is 21.9. The summed E-state index contributed by atoms with van der Waals surface area (Å²) in [7, 11) is 0. The van der Waals surface area contributed by atoms with Crippen molar-refractivity contribution in [1.29, 1.82) is 0 Å². The Balaban J connectivity index is 2.16. The maximum Gasteiger partial charge on any atom is 0.119 e. The summed E-state index contributed by atoms with van der Waals surface area (Å²) in [5.41, 5.74) is -0.167. The molecule has 0 bridgehead atoms. The molecule has 0 radical (unpaired) electrons. The molecule has 0 heterocycles. The summed E-state index contributed by atoms with van der Waals surface area (Å²) >= 11 is 0. The number of benzene rings is 1. The second-order valence-electron chi connectivity index (χ2n) is 5.23. The van der Waals surface area contributed by atoms with Crippen LogP contribution in [0.5, 0.6) is 5.75 Å². The number of rotatable bonds is 8. The van der Waals surface area contributed by atoms with E-state index < -0.39 is 6.10 Å². The Labute approximate surface area is 109 Å². The minimum Gasteiger partial charge on any atom is -0.491 e. The fourth-order valence-electron chi connectivity index (χ4n) is 1.40. The molecule has 4 nitrogen and oxygen atoms in total. The number of ether oxygens (including phenoxy) is 1. The molecule has 4 heteroatoms. The van der Waals surface area contributed by atoms with Crippen molar-refractivity contribution in [2.75, 3.05) is 26.3 Å². The number of aliphatic hydroxyl groups is 2. The smallest absolute Gasteiger partial charge is 0.119 e. The monoisotopic (exact) mass is 253 g/mol. The molecule has 1 aromatic rings. The van der Waals surface area contributed by atoms with Gasteiger partial charge in [-0.2, -0.15) is 0 Å². The molecule has 0 saturated carbocycles. The Morgan fingerprint density at radius 2 is 1.94 bits per heavy atom. The van der Waals surface area contributed by atoms with Gasteiger partial charge in [-0.25, -0.2) is 0 Å². The zero-order valence-corrected chi connectivity index (χ0v) is 11.1. The van der Waals surface area contributed by atoms with Gasteiger partial charge in [0.2, 0.25) is 0 Å². The summed E-state index contributed by atoms with van der Waals surface area (Å²) in [5.74, 6) is 0.757. The first-order chi connectivity index (χ1) is 8.53. The van der Waals surface area contributed by atoms with E-state index in [1.165, 1.54) is 0 Å². The lowest BCUT2D eigenvalue weighted by molar-refractivity contribution is 0.0980. The molecule has 1 rings (SSSR count). The summed E-state index contributed by atoms with van der Waals surface area (Å²) in [6.07, 6.45) is -0.556. The molecule has 1 atom stereocenters. The van der Waals surface area contributed by atoms with Gasteiger partial charge in [-0.05, 0) is 12.1 Å². The van der Waals surface area contributed by atoms with Gasteiger partial charge in [-0.15, -0.1) is 0 Å². The predicted molar refractivity (Wildman–Crippen MR) is 71.7 cm³/mol. The molecule has 3 N–H and O–H groups in total. The van der Waals surface area contributed by atoms with Crippen molar-refractivity contribution < 1.29 is 14.9 Å². The minimum atomic E-state index is -0.556. The van der Waals surface area contributed by atoms with Crippen LogP contribution < -0.4 is 10.1 Å². The van der Waals surface area contributed by atoms with E-state index in [4.69, 9.17) is 9.84 Å². The summed E-state index contributed by atoms with van der Waals surface area (Å²) < 4.78 is 5.44. The second-order valence-corrected chi connectivity index (χ2v) is 5.23. The largest absolute Gasteiger partial charge is 0.491 e. The van der Waals surface area contributed by atoms with Crippen molar-refractivity contribution in [3.05, 3.63) is 30.3 Å². The zero-order valence-electron chi connectivity index (χ0n) is 11.1. The first-order valence-electron chi connectivity index (χ1n) is 6.21. The Morgan fingerprint density at radius 3 is 2.56 bits per heavy atom. The molecule has 102 valence electrons. The molecular weight excluding hydrogens is 230 g/mol. The van der Waals surface area contributed by atoms with Crippen LogP contribution >= 0.6 is 0 Å². The van der Waals surface area contributed by atoms with Crippen molar-refractivity contribution >= 4 is 0 Å². The molecule has 0 fully saturated rings. The Hall–Kier alpha value is -1.10. The van der Waals surface area contributed by atoms with E-state index in [9.17, 15) is 5.11 Å². The van der Waals surface area contributed by atoms with Crippen molar-refractivity contribution in [2.24, 2.45) is 5.41 Å². The van der Waals surface area contributed by atoms with Gasteiger partial charge in [-0.1, -0.05) is 32.0 Å². The third-order valence-corrected chi connectivity index (χ3v) is 2.60. The van der Waals surface area contributed by atoms with Crippen LogP contribution in [0.25, 0.3) is 0 Å². The van der Waals surface area contributed by atoms with E-state index in [0.717, 1.165) is 5.75 Å². The van der Waals surface area contributed by atoms with Crippen LogP contribution in [-0.4, -0.2) is 42.6 Å². The van der Waals surface area contributed by atoms with E-state index >= 15 is 0 Å². The first kappa shape index (κ1) is 15.0. The number of nitrogens with one attached hydrogen (secondary N) is 1. The standard InChI is InChI=1S/C14H23NO3/c1-14(2,11-16)10-15-8-12(17)9-18-13-6-4-3-5-7-13/h3-7,12,15-17H,8-11H2,1-2H3. The highest BCUT2D eigenvalue weighted by molar-refractivity contribution is 5.20. The Kier molecular flexibility index (Phi) is 6.12. The van der Waals surface area contributed by atoms with Gasteiger partial charge in [0, 0.05) is 25.1 Å². The zero-order chi connectivity index (χ0) is 13.4. The van der Waals surface area contributed by atoms with E-state index in [-0.39, 0.29) is 18.6 Å². The Morgan fingerprint density at radius 1 is 1.28 bits per heavy atom. The lowest BCUT2D eigenvalue weighted by Crippen LogP contribution is -2.38. The summed E-state index contributed by atoms with van der Waals surface area (Å²) in [6.45, 7) is 5.43. The summed E-state index contributed by atoms with van der Waals surface area (Å²) in [4.78, 5) is 0. The Bertz CT molecular complexity index is 327. The lowest BCUT2D eigenvalue weighted by Gasteiger charge is -2.23.